The number of fused-ring (bicyclic) bond motifs is 3. The van der Waals surface area contributed by atoms with Crippen molar-refractivity contribution in [3.63, 3.8) is 0 Å². The summed E-state index contributed by atoms with van der Waals surface area (Å²) in [5, 5.41) is 0. The summed E-state index contributed by atoms with van der Waals surface area (Å²) in [7, 11) is -0.00581. The van der Waals surface area contributed by atoms with Crippen molar-refractivity contribution in [3.05, 3.63) is 53.0 Å². The second kappa shape index (κ2) is 7.65. The molecule has 0 N–H and O–H groups in total. The fourth-order valence-corrected chi connectivity index (χ4v) is 4.81. The zero-order valence-electron chi connectivity index (χ0n) is 18.1. The van der Waals surface area contributed by atoms with Gasteiger partial charge in [-0.1, -0.05) is 25.7 Å². The van der Waals surface area contributed by atoms with Gasteiger partial charge in [-0.2, -0.15) is 0 Å². The van der Waals surface area contributed by atoms with E-state index in [1.807, 2.05) is 0 Å². The SMILES string of the molecule is COC(=O)c1cnc2c(c1)C(=O)C1(C2)C(=O)N(COCC[Si](C)(C)C)c2ncccc21. The molecule has 1 unspecified atom stereocenters. The zero-order valence-corrected chi connectivity index (χ0v) is 19.1. The molecule has 162 valence electrons. The lowest BCUT2D eigenvalue weighted by Crippen LogP contribution is -2.45. The Morgan fingerprint density at radius 2 is 2.03 bits per heavy atom. The summed E-state index contributed by atoms with van der Waals surface area (Å²) in [5.41, 5.74) is 0.0665. The van der Waals surface area contributed by atoms with Crippen molar-refractivity contribution in [2.45, 2.75) is 37.5 Å². The van der Waals surface area contributed by atoms with Crippen molar-refractivity contribution in [2.24, 2.45) is 0 Å². The minimum Gasteiger partial charge on any atom is -0.465 e. The molecule has 1 aliphatic carbocycles. The molecule has 1 amide bonds. The number of nitrogens with zero attached hydrogens (tertiary/aromatic N) is 3. The number of carbonyl (C=O) groups is 3. The largest absolute Gasteiger partial charge is 0.465 e. The van der Waals surface area contributed by atoms with Crippen LogP contribution in [0.4, 0.5) is 5.82 Å². The van der Waals surface area contributed by atoms with E-state index in [4.69, 9.17) is 9.47 Å². The third kappa shape index (κ3) is 3.47. The summed E-state index contributed by atoms with van der Waals surface area (Å²) in [4.78, 5) is 49.2. The van der Waals surface area contributed by atoms with E-state index in [-0.39, 0.29) is 36.0 Å². The van der Waals surface area contributed by atoms with E-state index in [1.165, 1.54) is 24.3 Å². The van der Waals surface area contributed by atoms with E-state index < -0.39 is 19.5 Å². The minimum absolute atomic E-state index is 0.0412. The van der Waals surface area contributed by atoms with Gasteiger partial charge in [0.1, 0.15) is 18.0 Å². The van der Waals surface area contributed by atoms with Crippen LogP contribution >= 0.6 is 0 Å². The van der Waals surface area contributed by atoms with Crippen LogP contribution in [0.5, 0.6) is 0 Å². The molecular formula is C22H25N3O5Si. The van der Waals surface area contributed by atoms with Crippen molar-refractivity contribution >= 4 is 31.6 Å². The van der Waals surface area contributed by atoms with Gasteiger partial charge in [-0.25, -0.2) is 9.78 Å². The van der Waals surface area contributed by atoms with Gasteiger partial charge in [0.05, 0.1) is 18.4 Å². The summed E-state index contributed by atoms with van der Waals surface area (Å²) in [6, 6.07) is 5.90. The maximum atomic E-state index is 13.6. The summed E-state index contributed by atoms with van der Waals surface area (Å²) in [6.45, 7) is 7.36. The Labute approximate surface area is 181 Å². The highest BCUT2D eigenvalue weighted by molar-refractivity contribution is 6.76. The first-order valence-electron chi connectivity index (χ1n) is 10.2. The van der Waals surface area contributed by atoms with Gasteiger partial charge in [0.2, 0.25) is 5.91 Å². The molecule has 0 fully saturated rings. The summed E-state index contributed by atoms with van der Waals surface area (Å²) >= 11 is 0. The Kier molecular flexibility index (Phi) is 5.26. The Hall–Kier alpha value is -2.91. The molecular weight excluding hydrogens is 414 g/mol. The van der Waals surface area contributed by atoms with Crippen molar-refractivity contribution in [2.75, 3.05) is 25.3 Å². The quantitative estimate of drug-likeness (QED) is 0.295. The van der Waals surface area contributed by atoms with E-state index >= 15 is 0 Å². The van der Waals surface area contributed by atoms with Crippen LogP contribution in [0.1, 0.15) is 32.0 Å². The van der Waals surface area contributed by atoms with Crippen LogP contribution in [0.2, 0.25) is 25.7 Å². The number of carbonyl (C=O) groups excluding carboxylic acids is 3. The molecule has 0 radical (unpaired) electrons. The number of rotatable bonds is 6. The van der Waals surface area contributed by atoms with E-state index in [2.05, 4.69) is 29.6 Å². The molecule has 0 saturated carbocycles. The van der Waals surface area contributed by atoms with Crippen molar-refractivity contribution in [1.29, 1.82) is 0 Å². The Morgan fingerprint density at radius 1 is 1.26 bits per heavy atom. The van der Waals surface area contributed by atoms with Gasteiger partial charge in [-0.3, -0.25) is 19.5 Å². The number of amides is 1. The lowest BCUT2D eigenvalue weighted by atomic mass is 9.78. The lowest BCUT2D eigenvalue weighted by Gasteiger charge is -2.22. The molecule has 2 aromatic rings. The van der Waals surface area contributed by atoms with Crippen LogP contribution in [0, 0.1) is 0 Å². The van der Waals surface area contributed by atoms with E-state index in [0.717, 1.165) is 6.04 Å². The van der Waals surface area contributed by atoms with Gasteiger partial charge in [0, 0.05) is 44.6 Å². The fraction of sp³-hybridized carbons (Fsp3) is 0.409. The summed E-state index contributed by atoms with van der Waals surface area (Å²) in [5.74, 6) is -0.877. The second-order valence-corrected chi connectivity index (χ2v) is 14.7. The first kappa shape index (κ1) is 21.3. The number of aromatic nitrogens is 2. The van der Waals surface area contributed by atoms with Crippen molar-refractivity contribution in [3.8, 4) is 0 Å². The van der Waals surface area contributed by atoms with Gasteiger partial charge in [0.25, 0.3) is 0 Å². The van der Waals surface area contributed by atoms with Gasteiger partial charge >= 0.3 is 5.97 Å². The van der Waals surface area contributed by atoms with E-state index in [0.29, 0.717) is 23.7 Å². The number of methoxy groups -OCH3 is 1. The van der Waals surface area contributed by atoms with Crippen LogP contribution in [-0.4, -0.2) is 56.1 Å². The number of Topliss-reactive ketones (excluding diaryl/α,β-unsaturated/α-hetero) is 1. The predicted molar refractivity (Wildman–Crippen MR) is 116 cm³/mol. The molecule has 0 bridgehead atoms. The average molecular weight is 440 g/mol. The number of hydrogen-bond donors (Lipinski definition) is 0. The molecule has 3 heterocycles. The second-order valence-electron chi connectivity index (χ2n) is 9.08. The minimum atomic E-state index is -1.42. The van der Waals surface area contributed by atoms with Crippen LogP contribution in [0.3, 0.4) is 0 Å². The molecule has 8 nitrogen and oxygen atoms in total. The average Bonchev–Trinajstić information content (AvgIpc) is 3.17. The van der Waals surface area contributed by atoms with Crippen molar-refractivity contribution in [1.82, 2.24) is 9.97 Å². The van der Waals surface area contributed by atoms with Gasteiger partial charge < -0.3 is 9.47 Å². The van der Waals surface area contributed by atoms with Gasteiger partial charge in [0.15, 0.2) is 5.78 Å². The van der Waals surface area contributed by atoms with Crippen LogP contribution in [0.25, 0.3) is 0 Å². The van der Waals surface area contributed by atoms with E-state index in [1.54, 1.807) is 18.3 Å². The van der Waals surface area contributed by atoms with Crippen molar-refractivity contribution < 1.29 is 23.9 Å². The lowest BCUT2D eigenvalue weighted by molar-refractivity contribution is -0.122. The molecule has 9 heteroatoms. The molecule has 1 aliphatic heterocycles. The topological polar surface area (TPSA) is 98.7 Å². The number of ketones is 1. The Balaban J connectivity index is 1.66. The first-order valence-corrected chi connectivity index (χ1v) is 13.9. The highest BCUT2D eigenvalue weighted by Gasteiger charge is 2.61. The standard InChI is InChI=1S/C22H25N3O5Si/c1-29-20(27)14-10-15-17(24-12-14)11-22(18(15)26)16-6-5-7-23-19(16)25(21(22)28)13-30-8-9-31(2,3)4/h5-7,10,12H,8-9,11,13H2,1-4H3. The third-order valence-electron chi connectivity index (χ3n) is 5.79. The number of ether oxygens (including phenoxy) is 2. The smallest absolute Gasteiger partial charge is 0.339 e. The normalized spacial score (nSPS) is 19.7. The van der Waals surface area contributed by atoms with Gasteiger partial charge in [-0.05, 0) is 18.2 Å². The first-order chi connectivity index (χ1) is 14.7. The van der Waals surface area contributed by atoms with Crippen LogP contribution in [-0.2, 0) is 26.1 Å². The maximum Gasteiger partial charge on any atom is 0.339 e. The molecule has 1 spiro atoms. The number of anilines is 1. The third-order valence-corrected chi connectivity index (χ3v) is 7.49. The predicted octanol–water partition coefficient (Wildman–Crippen LogP) is 2.60. The molecule has 0 aromatic carbocycles. The zero-order chi connectivity index (χ0) is 22.4. The molecule has 31 heavy (non-hydrogen) atoms. The molecule has 0 saturated heterocycles. The molecule has 1 atom stereocenters. The van der Waals surface area contributed by atoms with Crippen LogP contribution < -0.4 is 4.90 Å². The van der Waals surface area contributed by atoms with Crippen LogP contribution in [0.15, 0.2) is 30.6 Å². The number of esters is 1. The van der Waals surface area contributed by atoms with E-state index in [9.17, 15) is 14.4 Å². The maximum absolute atomic E-state index is 13.6. The molecule has 2 aliphatic rings. The molecule has 4 rings (SSSR count). The Bertz CT molecular complexity index is 1080. The number of pyridine rings is 2. The highest BCUT2D eigenvalue weighted by Crippen LogP contribution is 2.48. The number of hydrogen-bond acceptors (Lipinski definition) is 7. The Morgan fingerprint density at radius 3 is 2.74 bits per heavy atom. The summed E-state index contributed by atoms with van der Waals surface area (Å²) in [6.07, 6.45) is 3.10. The fourth-order valence-electron chi connectivity index (χ4n) is 4.05. The van der Waals surface area contributed by atoms with Gasteiger partial charge in [-0.15, -0.1) is 0 Å². The highest BCUT2D eigenvalue weighted by atomic mass is 28.3. The summed E-state index contributed by atoms with van der Waals surface area (Å²) < 4.78 is 10.5. The molecule has 2 aromatic heterocycles. The monoisotopic (exact) mass is 439 g/mol.